The summed E-state index contributed by atoms with van der Waals surface area (Å²) in [6, 6.07) is 5.12. The molecule has 0 fully saturated rings. The Morgan fingerprint density at radius 1 is 1.44 bits per heavy atom. The molecular weight excluding hydrogens is 368 g/mol. The third kappa shape index (κ3) is 3.08. The number of aromatic nitrogens is 2. The lowest BCUT2D eigenvalue weighted by molar-refractivity contribution is 0.102. The molecule has 0 aliphatic carbocycles. The van der Waals surface area contributed by atoms with Crippen LogP contribution in [0.4, 0.5) is 5.69 Å². The number of hydrogen-bond acceptors (Lipinski definition) is 3. The van der Waals surface area contributed by atoms with E-state index in [4.69, 9.17) is 11.6 Å². The molecule has 2 rings (SSSR count). The topological polar surface area (TPSA) is 74.8 Å². The van der Waals surface area contributed by atoms with Gasteiger partial charge in [0.1, 0.15) is 5.69 Å². The van der Waals surface area contributed by atoms with Crippen molar-refractivity contribution >= 4 is 45.8 Å². The molecule has 0 radical (unpaired) electrons. The molecule has 0 saturated carbocycles. The van der Waals surface area contributed by atoms with Gasteiger partial charge in [-0.25, -0.2) is 4.98 Å². The van der Waals surface area contributed by atoms with Crippen molar-refractivity contribution in [3.63, 3.8) is 0 Å². The van der Waals surface area contributed by atoms with E-state index >= 15 is 0 Å². The van der Waals surface area contributed by atoms with Gasteiger partial charge >= 0.3 is 0 Å². The van der Waals surface area contributed by atoms with E-state index in [1.165, 1.54) is 6.20 Å². The van der Waals surface area contributed by atoms with E-state index in [1.54, 1.807) is 18.2 Å². The number of anilines is 1. The number of aromatic amines is 1. The van der Waals surface area contributed by atoms with Crippen LogP contribution in [0.1, 0.15) is 10.5 Å². The van der Waals surface area contributed by atoms with Crippen molar-refractivity contribution in [3.8, 4) is 0 Å². The Bertz CT molecular complexity index is 636. The fraction of sp³-hybridized carbons (Fsp3) is 0. The van der Waals surface area contributed by atoms with Gasteiger partial charge in [-0.2, -0.15) is 0 Å². The maximum absolute atomic E-state index is 11.8. The predicted octanol–water partition coefficient (Wildman–Crippen LogP) is 2.28. The number of halogens is 2. The molecule has 2 N–H and O–H groups in total. The van der Waals surface area contributed by atoms with Gasteiger partial charge in [-0.05, 0) is 40.8 Å². The number of carbonyl (C=O) groups is 1. The average molecular weight is 376 g/mol. The van der Waals surface area contributed by atoms with Crippen molar-refractivity contribution in [2.75, 3.05) is 5.32 Å². The molecule has 7 heteroatoms. The monoisotopic (exact) mass is 375 g/mol. The van der Waals surface area contributed by atoms with Crippen LogP contribution in [-0.4, -0.2) is 15.9 Å². The van der Waals surface area contributed by atoms with E-state index in [-0.39, 0.29) is 11.3 Å². The standard InChI is InChI=1S/C11H7ClIN3O2/c12-6-1-2-8(7(13)3-6)16-11(18)9-4-15-10(17)5-14-9/h1-5H,(H,15,17)(H,16,18). The van der Waals surface area contributed by atoms with E-state index in [0.29, 0.717) is 10.7 Å². The summed E-state index contributed by atoms with van der Waals surface area (Å²) in [4.78, 5) is 28.8. The Hall–Kier alpha value is -1.41. The number of H-pyrrole nitrogens is 1. The van der Waals surface area contributed by atoms with Crippen molar-refractivity contribution in [1.82, 2.24) is 9.97 Å². The molecule has 1 aromatic carbocycles. The molecule has 5 nitrogen and oxygen atoms in total. The molecule has 1 heterocycles. The van der Waals surface area contributed by atoms with E-state index in [2.05, 4.69) is 37.9 Å². The van der Waals surface area contributed by atoms with Crippen molar-refractivity contribution in [2.24, 2.45) is 0 Å². The molecule has 0 unspecified atom stereocenters. The number of nitrogens with zero attached hydrogens (tertiary/aromatic N) is 1. The Morgan fingerprint density at radius 2 is 2.22 bits per heavy atom. The minimum absolute atomic E-state index is 0.139. The summed E-state index contributed by atoms with van der Waals surface area (Å²) in [6.07, 6.45) is 2.32. The molecule has 0 saturated heterocycles. The van der Waals surface area contributed by atoms with Gasteiger partial charge < -0.3 is 10.3 Å². The largest absolute Gasteiger partial charge is 0.325 e. The minimum Gasteiger partial charge on any atom is -0.325 e. The van der Waals surface area contributed by atoms with Gasteiger partial charge in [-0.15, -0.1) is 0 Å². The van der Waals surface area contributed by atoms with Crippen LogP contribution >= 0.6 is 34.2 Å². The third-order valence-electron chi connectivity index (χ3n) is 2.08. The van der Waals surface area contributed by atoms with E-state index in [1.807, 2.05) is 0 Å². The summed E-state index contributed by atoms with van der Waals surface area (Å²) in [5, 5.41) is 3.28. The fourth-order valence-electron chi connectivity index (χ4n) is 1.24. The summed E-state index contributed by atoms with van der Waals surface area (Å²) in [6.45, 7) is 0. The molecular formula is C11H7ClIN3O2. The molecule has 2 aromatic rings. The SMILES string of the molecule is O=C(Nc1ccc(Cl)cc1I)c1c[nH]c(=O)cn1. The third-order valence-corrected chi connectivity index (χ3v) is 3.21. The van der Waals surface area contributed by atoms with Gasteiger partial charge in [-0.3, -0.25) is 9.59 Å². The Morgan fingerprint density at radius 3 is 2.83 bits per heavy atom. The molecule has 1 aromatic heterocycles. The summed E-state index contributed by atoms with van der Waals surface area (Å²) >= 11 is 7.89. The maximum Gasteiger partial charge on any atom is 0.275 e. The van der Waals surface area contributed by atoms with Crippen LogP contribution in [-0.2, 0) is 0 Å². The number of hydrogen-bond donors (Lipinski definition) is 2. The van der Waals surface area contributed by atoms with Crippen LogP contribution in [0.15, 0.2) is 35.4 Å². The highest BCUT2D eigenvalue weighted by atomic mass is 127. The number of amides is 1. The van der Waals surface area contributed by atoms with Gasteiger partial charge in [0.05, 0.1) is 11.9 Å². The van der Waals surface area contributed by atoms with E-state index in [0.717, 1.165) is 9.77 Å². The highest BCUT2D eigenvalue weighted by Crippen LogP contribution is 2.22. The molecule has 0 atom stereocenters. The fourth-order valence-corrected chi connectivity index (χ4v) is 2.25. The molecule has 1 amide bonds. The van der Waals surface area contributed by atoms with Crippen LogP contribution in [0.25, 0.3) is 0 Å². The van der Waals surface area contributed by atoms with Crippen LogP contribution in [0.3, 0.4) is 0 Å². The van der Waals surface area contributed by atoms with Crippen LogP contribution < -0.4 is 10.9 Å². The first kappa shape index (κ1) is 13.0. The van der Waals surface area contributed by atoms with Crippen LogP contribution in [0, 0.1) is 3.57 Å². The lowest BCUT2D eigenvalue weighted by atomic mass is 10.3. The predicted molar refractivity (Wildman–Crippen MR) is 77.0 cm³/mol. The van der Waals surface area contributed by atoms with Gasteiger partial charge in [0.2, 0.25) is 0 Å². The van der Waals surface area contributed by atoms with Crippen LogP contribution in [0.5, 0.6) is 0 Å². The highest BCUT2D eigenvalue weighted by molar-refractivity contribution is 14.1. The molecule has 0 bridgehead atoms. The number of benzene rings is 1. The Labute approximate surface area is 121 Å². The zero-order valence-electron chi connectivity index (χ0n) is 8.91. The maximum atomic E-state index is 11.8. The zero-order valence-corrected chi connectivity index (χ0v) is 11.8. The summed E-state index contributed by atoms with van der Waals surface area (Å²) in [5.74, 6) is -0.397. The summed E-state index contributed by atoms with van der Waals surface area (Å²) < 4.78 is 0.817. The van der Waals surface area contributed by atoms with Crippen LogP contribution in [0.2, 0.25) is 5.02 Å². The molecule has 0 aliphatic rings. The summed E-state index contributed by atoms with van der Waals surface area (Å²) in [5.41, 5.74) is 0.422. The minimum atomic E-state index is -0.397. The lowest BCUT2D eigenvalue weighted by Crippen LogP contribution is -2.17. The normalized spacial score (nSPS) is 10.1. The van der Waals surface area contributed by atoms with Gasteiger partial charge in [0.15, 0.2) is 0 Å². The number of nitrogens with one attached hydrogen (secondary N) is 2. The van der Waals surface area contributed by atoms with E-state index < -0.39 is 5.91 Å². The second kappa shape index (κ2) is 5.49. The van der Waals surface area contributed by atoms with Gasteiger partial charge in [0, 0.05) is 14.8 Å². The van der Waals surface area contributed by atoms with Crippen molar-refractivity contribution in [2.45, 2.75) is 0 Å². The van der Waals surface area contributed by atoms with E-state index in [9.17, 15) is 9.59 Å². The molecule has 0 aliphatic heterocycles. The second-order valence-corrected chi connectivity index (χ2v) is 4.97. The van der Waals surface area contributed by atoms with Crippen molar-refractivity contribution in [1.29, 1.82) is 0 Å². The number of carbonyl (C=O) groups excluding carboxylic acids is 1. The quantitative estimate of drug-likeness (QED) is 0.791. The first-order chi connectivity index (χ1) is 8.56. The highest BCUT2D eigenvalue weighted by Gasteiger charge is 2.09. The van der Waals surface area contributed by atoms with Crippen molar-refractivity contribution in [3.05, 3.63) is 55.2 Å². The van der Waals surface area contributed by atoms with Gasteiger partial charge in [-0.1, -0.05) is 11.6 Å². The lowest BCUT2D eigenvalue weighted by Gasteiger charge is -2.06. The second-order valence-electron chi connectivity index (χ2n) is 3.37. The smallest absolute Gasteiger partial charge is 0.275 e. The number of rotatable bonds is 2. The first-order valence-corrected chi connectivity index (χ1v) is 6.33. The molecule has 0 spiro atoms. The van der Waals surface area contributed by atoms with Gasteiger partial charge in [0.25, 0.3) is 11.5 Å². The average Bonchev–Trinajstić information content (AvgIpc) is 2.33. The molecule has 18 heavy (non-hydrogen) atoms. The first-order valence-electron chi connectivity index (χ1n) is 4.87. The van der Waals surface area contributed by atoms with Crippen molar-refractivity contribution < 1.29 is 4.79 Å². The summed E-state index contributed by atoms with van der Waals surface area (Å²) in [7, 11) is 0. The molecule has 92 valence electrons. The zero-order chi connectivity index (χ0) is 13.1. The Balaban J connectivity index is 2.21. The Kier molecular flexibility index (Phi) is 3.97.